The zero-order chi connectivity index (χ0) is 29.1. The molecule has 1 saturated heterocycles. The van der Waals surface area contributed by atoms with Gasteiger partial charge in [0.2, 0.25) is 12.7 Å². The predicted molar refractivity (Wildman–Crippen MR) is 163 cm³/mol. The minimum atomic E-state index is -0.179. The Balaban J connectivity index is 1.05. The van der Waals surface area contributed by atoms with Gasteiger partial charge in [-0.25, -0.2) is 0 Å². The number of rotatable bonds is 11. The number of para-hydroxylation sites is 1. The van der Waals surface area contributed by atoms with Crippen LogP contribution >= 0.6 is 23.2 Å². The molecule has 2 aliphatic heterocycles. The summed E-state index contributed by atoms with van der Waals surface area (Å²) in [6.45, 7) is 4.83. The van der Waals surface area contributed by atoms with Crippen molar-refractivity contribution in [1.29, 1.82) is 0 Å². The van der Waals surface area contributed by atoms with Crippen molar-refractivity contribution in [3.05, 3.63) is 75.8 Å². The summed E-state index contributed by atoms with van der Waals surface area (Å²) in [4.78, 5) is 16.0. The normalized spacial score (nSPS) is 19.3. The fourth-order valence-electron chi connectivity index (χ4n) is 5.56. The number of hydrogen-bond donors (Lipinski definition) is 2. The van der Waals surface area contributed by atoms with Crippen LogP contribution in [0, 0.1) is 12.8 Å². The van der Waals surface area contributed by atoms with Crippen LogP contribution in [0.4, 0.5) is 5.69 Å². The molecule has 1 amide bonds. The number of carbonyl (C=O) groups is 1. The molecule has 0 bridgehead atoms. The van der Waals surface area contributed by atoms with E-state index in [1.54, 1.807) is 0 Å². The van der Waals surface area contributed by atoms with Crippen LogP contribution in [0.1, 0.15) is 30.4 Å². The topological polar surface area (TPSA) is 81.3 Å². The van der Waals surface area contributed by atoms with Gasteiger partial charge in [-0.3, -0.25) is 4.79 Å². The Morgan fingerprint density at radius 1 is 1.02 bits per heavy atom. The van der Waals surface area contributed by atoms with Crippen LogP contribution in [0.2, 0.25) is 10.0 Å². The molecule has 2 atom stereocenters. The average Bonchev–Trinajstić information content (AvgIpc) is 3.71. The zero-order valence-electron chi connectivity index (χ0n) is 23.5. The maximum atomic E-state index is 14.0. The third-order valence-electron chi connectivity index (χ3n) is 7.84. The van der Waals surface area contributed by atoms with Crippen molar-refractivity contribution in [3.63, 3.8) is 0 Å². The fourth-order valence-corrected chi connectivity index (χ4v) is 6.27. The van der Waals surface area contributed by atoms with E-state index >= 15 is 0 Å². The van der Waals surface area contributed by atoms with E-state index in [4.69, 9.17) is 42.1 Å². The van der Waals surface area contributed by atoms with Crippen molar-refractivity contribution >= 4 is 34.8 Å². The van der Waals surface area contributed by atoms with Gasteiger partial charge in [-0.1, -0.05) is 35.3 Å². The van der Waals surface area contributed by atoms with E-state index in [1.165, 1.54) is 0 Å². The van der Waals surface area contributed by atoms with Gasteiger partial charge in [-0.05, 0) is 80.8 Å². The van der Waals surface area contributed by atoms with E-state index in [0.29, 0.717) is 42.1 Å². The van der Waals surface area contributed by atoms with Gasteiger partial charge in [0, 0.05) is 36.4 Å². The molecule has 8 nitrogen and oxygen atoms in total. The molecule has 6 rings (SSSR count). The number of aryl methyl sites for hydroxylation is 1. The highest BCUT2D eigenvalue weighted by Crippen LogP contribution is 2.39. The van der Waals surface area contributed by atoms with Crippen LogP contribution in [-0.2, 0) is 11.3 Å². The molecule has 0 radical (unpaired) electrons. The van der Waals surface area contributed by atoms with Crippen LogP contribution < -0.4 is 29.6 Å². The second-order valence-corrected chi connectivity index (χ2v) is 11.8. The number of nitrogens with zero attached hydrogens (tertiary/aromatic N) is 1. The van der Waals surface area contributed by atoms with E-state index in [1.807, 2.05) is 66.4 Å². The number of hydrogen-bond acceptors (Lipinski definition) is 7. The number of carbonyl (C=O) groups excluding carboxylic acids is 1. The maximum Gasteiger partial charge on any atom is 0.231 e. The predicted octanol–water partition coefficient (Wildman–Crippen LogP) is 6.07. The minimum Gasteiger partial charge on any atom is -0.490 e. The largest absolute Gasteiger partial charge is 0.490 e. The Kier molecular flexibility index (Phi) is 8.84. The van der Waals surface area contributed by atoms with E-state index in [2.05, 4.69) is 10.6 Å². The second kappa shape index (κ2) is 12.9. The Labute approximate surface area is 256 Å². The second-order valence-electron chi connectivity index (χ2n) is 11.0. The van der Waals surface area contributed by atoms with E-state index in [9.17, 15) is 4.79 Å². The van der Waals surface area contributed by atoms with Crippen molar-refractivity contribution in [2.45, 2.75) is 44.8 Å². The summed E-state index contributed by atoms with van der Waals surface area (Å²) >= 11 is 12.5. The van der Waals surface area contributed by atoms with Crippen molar-refractivity contribution < 1.29 is 23.7 Å². The van der Waals surface area contributed by atoms with Crippen molar-refractivity contribution in [1.82, 2.24) is 10.2 Å². The highest BCUT2D eigenvalue weighted by molar-refractivity contribution is 6.37. The highest BCUT2D eigenvalue weighted by atomic mass is 35.5. The Morgan fingerprint density at radius 3 is 2.55 bits per heavy atom. The van der Waals surface area contributed by atoms with Gasteiger partial charge >= 0.3 is 0 Å². The lowest BCUT2D eigenvalue weighted by Gasteiger charge is -2.36. The smallest absolute Gasteiger partial charge is 0.231 e. The summed E-state index contributed by atoms with van der Waals surface area (Å²) in [7, 11) is 0. The Bertz CT molecular complexity index is 1390. The molecule has 2 fully saturated rings. The number of benzene rings is 3. The fraction of sp³-hybridized carbons (Fsp3) is 0.406. The average molecular weight is 613 g/mol. The van der Waals surface area contributed by atoms with Gasteiger partial charge in [-0.2, -0.15) is 0 Å². The van der Waals surface area contributed by atoms with Gasteiger partial charge in [-0.15, -0.1) is 0 Å². The molecule has 2 heterocycles. The van der Waals surface area contributed by atoms with Gasteiger partial charge < -0.3 is 34.5 Å². The van der Waals surface area contributed by atoms with Crippen molar-refractivity contribution in [2.24, 2.45) is 5.92 Å². The molecule has 1 saturated carbocycles. The molecule has 2 N–H and O–H groups in total. The van der Waals surface area contributed by atoms with Crippen LogP contribution in [0.25, 0.3) is 0 Å². The molecule has 3 aromatic rings. The third kappa shape index (κ3) is 6.66. The number of ether oxygens (including phenoxy) is 4. The molecule has 42 heavy (non-hydrogen) atoms. The first kappa shape index (κ1) is 28.8. The molecule has 3 aliphatic rings. The van der Waals surface area contributed by atoms with Crippen molar-refractivity contribution in [2.75, 3.05) is 38.4 Å². The number of anilines is 1. The quantitative estimate of drug-likeness (QED) is 0.255. The number of halogens is 2. The Morgan fingerprint density at radius 2 is 1.79 bits per heavy atom. The molecule has 10 heteroatoms. The van der Waals surface area contributed by atoms with E-state index < -0.39 is 0 Å². The number of nitrogens with one attached hydrogen (secondary N) is 2. The summed E-state index contributed by atoms with van der Waals surface area (Å²) in [5.41, 5.74) is 2.92. The lowest BCUT2D eigenvalue weighted by molar-refractivity contribution is -0.137. The molecule has 0 spiro atoms. The highest BCUT2D eigenvalue weighted by Gasteiger charge is 2.40. The minimum absolute atomic E-state index is 0.0187. The summed E-state index contributed by atoms with van der Waals surface area (Å²) in [5, 5.41) is 8.02. The summed E-state index contributed by atoms with van der Waals surface area (Å²) < 4.78 is 22.9. The first-order valence-electron chi connectivity index (χ1n) is 14.4. The molecular weight excluding hydrogens is 577 g/mol. The van der Waals surface area contributed by atoms with Gasteiger partial charge in [0.1, 0.15) is 19.0 Å². The van der Waals surface area contributed by atoms with Crippen LogP contribution in [0.15, 0.2) is 54.6 Å². The van der Waals surface area contributed by atoms with Crippen LogP contribution in [0.3, 0.4) is 0 Å². The van der Waals surface area contributed by atoms with Gasteiger partial charge in [0.25, 0.3) is 0 Å². The number of piperidine rings is 1. The van der Waals surface area contributed by atoms with Crippen molar-refractivity contribution in [3.8, 4) is 23.0 Å². The molecule has 3 aromatic carbocycles. The summed E-state index contributed by atoms with van der Waals surface area (Å²) in [6, 6.07) is 17.6. The SMILES string of the molecule is Cc1cc(Cl)c(OCCOc2ccc(N[C@H]3CCNCC3C(=O)N(Cc3cccc4c3OCO4)C3CC3)cc2)c(Cl)c1. The molecule has 0 aromatic heterocycles. The molecule has 222 valence electrons. The molecule has 1 unspecified atom stereocenters. The first-order chi connectivity index (χ1) is 20.5. The third-order valence-corrected chi connectivity index (χ3v) is 8.40. The molecular formula is C32H35Cl2N3O5. The van der Waals surface area contributed by atoms with Gasteiger partial charge in [0.05, 0.1) is 16.0 Å². The summed E-state index contributed by atoms with van der Waals surface area (Å²) in [6.07, 6.45) is 2.92. The monoisotopic (exact) mass is 611 g/mol. The van der Waals surface area contributed by atoms with E-state index in [0.717, 1.165) is 59.9 Å². The van der Waals surface area contributed by atoms with Crippen LogP contribution in [-0.4, -0.2) is 56.0 Å². The summed E-state index contributed by atoms with van der Waals surface area (Å²) in [5.74, 6) is 2.69. The van der Waals surface area contributed by atoms with E-state index in [-0.39, 0.29) is 30.7 Å². The van der Waals surface area contributed by atoms with Gasteiger partial charge in [0.15, 0.2) is 17.2 Å². The lowest BCUT2D eigenvalue weighted by Crippen LogP contribution is -2.52. The Hall–Kier alpha value is -3.33. The standard InChI is InChI=1S/C32H35Cl2N3O5/c1-20-15-26(33)31(27(34)16-20)40-14-13-39-24-9-5-22(6-10-24)36-28-11-12-35-17-25(28)32(38)37(23-7-8-23)18-21-3-2-4-29-30(21)42-19-41-29/h2-6,9-10,15-16,23,25,28,35-36H,7-8,11-14,17-19H2,1H3/t25?,28-/m0/s1. The maximum absolute atomic E-state index is 14.0. The molecule has 1 aliphatic carbocycles. The lowest BCUT2D eigenvalue weighted by atomic mass is 9.91. The van der Waals surface area contributed by atoms with Crippen LogP contribution in [0.5, 0.6) is 23.0 Å². The zero-order valence-corrected chi connectivity index (χ0v) is 25.0. The number of fused-ring (bicyclic) bond motifs is 1. The first-order valence-corrected chi connectivity index (χ1v) is 15.2. The number of amides is 1.